The van der Waals surface area contributed by atoms with Crippen LogP contribution in [0.2, 0.25) is 0 Å². The average Bonchev–Trinajstić information content (AvgIpc) is 3.48. The standard InChI is InChI=1S/C26H22FN3O4/c1-15-19(6-7-25(31)29-9-8-18-12-28-14-30-18)26(32)34-24-11-23-21(10-20(15)24)22(13-33-23)16-2-4-17(27)5-3-16/h2-5,10-14H,6-9H2,1H3,(H,28,30)(H,29,31). The third-order valence-corrected chi connectivity index (χ3v) is 6.01. The van der Waals surface area contributed by atoms with Gasteiger partial charge in [0.2, 0.25) is 5.91 Å². The number of halogens is 1. The number of hydrogen-bond donors (Lipinski definition) is 2. The van der Waals surface area contributed by atoms with Crippen molar-refractivity contribution < 1.29 is 18.0 Å². The molecule has 0 unspecified atom stereocenters. The van der Waals surface area contributed by atoms with Crippen molar-refractivity contribution in [1.29, 1.82) is 0 Å². The molecule has 0 aliphatic rings. The van der Waals surface area contributed by atoms with Crippen molar-refractivity contribution in [2.75, 3.05) is 6.54 Å². The number of carbonyl (C=O) groups is 1. The molecule has 0 radical (unpaired) electrons. The molecule has 0 spiro atoms. The lowest BCUT2D eigenvalue weighted by Gasteiger charge is -2.09. The van der Waals surface area contributed by atoms with Gasteiger partial charge in [0.1, 0.15) is 17.0 Å². The maximum Gasteiger partial charge on any atom is 0.339 e. The van der Waals surface area contributed by atoms with Crippen molar-refractivity contribution >= 4 is 27.8 Å². The van der Waals surface area contributed by atoms with Crippen LogP contribution in [0.15, 0.2) is 68.8 Å². The second kappa shape index (κ2) is 8.97. The molecule has 3 aromatic heterocycles. The fourth-order valence-corrected chi connectivity index (χ4v) is 4.14. The third-order valence-electron chi connectivity index (χ3n) is 6.01. The first-order chi connectivity index (χ1) is 16.5. The van der Waals surface area contributed by atoms with Crippen molar-refractivity contribution in [3.63, 3.8) is 0 Å². The summed E-state index contributed by atoms with van der Waals surface area (Å²) in [5.74, 6) is -0.447. The molecule has 5 rings (SSSR count). The van der Waals surface area contributed by atoms with Crippen molar-refractivity contribution in [3.8, 4) is 11.1 Å². The number of carbonyl (C=O) groups excluding carboxylic acids is 1. The number of aryl methyl sites for hydroxylation is 1. The van der Waals surface area contributed by atoms with E-state index in [1.807, 2.05) is 13.0 Å². The quantitative estimate of drug-likeness (QED) is 0.345. The molecular formula is C26H22FN3O4. The number of aromatic nitrogens is 2. The molecule has 172 valence electrons. The van der Waals surface area contributed by atoms with Crippen LogP contribution in [0.3, 0.4) is 0 Å². The number of amides is 1. The van der Waals surface area contributed by atoms with Gasteiger partial charge < -0.3 is 19.1 Å². The van der Waals surface area contributed by atoms with E-state index in [1.165, 1.54) is 12.1 Å². The number of nitrogens with zero attached hydrogens (tertiary/aromatic N) is 1. The van der Waals surface area contributed by atoms with Gasteiger partial charge in [0.15, 0.2) is 0 Å². The second-order valence-electron chi connectivity index (χ2n) is 8.17. The molecule has 0 saturated heterocycles. The molecule has 3 heterocycles. The maximum atomic E-state index is 13.4. The zero-order chi connectivity index (χ0) is 23.7. The smallest absolute Gasteiger partial charge is 0.339 e. The largest absolute Gasteiger partial charge is 0.464 e. The van der Waals surface area contributed by atoms with Crippen molar-refractivity contribution in [1.82, 2.24) is 15.3 Å². The van der Waals surface area contributed by atoms with Gasteiger partial charge in [0.05, 0.1) is 12.6 Å². The van der Waals surface area contributed by atoms with Gasteiger partial charge in [-0.1, -0.05) is 12.1 Å². The highest BCUT2D eigenvalue weighted by atomic mass is 19.1. The number of H-pyrrole nitrogens is 1. The van der Waals surface area contributed by atoms with Crippen LogP contribution in [0.25, 0.3) is 33.1 Å². The molecule has 0 fully saturated rings. The van der Waals surface area contributed by atoms with E-state index >= 15 is 0 Å². The van der Waals surface area contributed by atoms with Crippen LogP contribution >= 0.6 is 0 Å². The Hall–Kier alpha value is -4.20. The summed E-state index contributed by atoms with van der Waals surface area (Å²) in [6.45, 7) is 2.34. The van der Waals surface area contributed by atoms with Crippen LogP contribution in [0.5, 0.6) is 0 Å². The zero-order valence-electron chi connectivity index (χ0n) is 18.5. The zero-order valence-corrected chi connectivity index (χ0v) is 18.5. The Kier molecular flexibility index (Phi) is 5.71. The van der Waals surface area contributed by atoms with Crippen LogP contribution in [0, 0.1) is 12.7 Å². The predicted molar refractivity (Wildman–Crippen MR) is 126 cm³/mol. The summed E-state index contributed by atoms with van der Waals surface area (Å²) in [5.41, 5.74) is 4.35. The molecule has 1 amide bonds. The van der Waals surface area contributed by atoms with Crippen LogP contribution in [0.1, 0.15) is 23.2 Å². The number of furan rings is 1. The van der Waals surface area contributed by atoms with Crippen LogP contribution in [-0.4, -0.2) is 22.4 Å². The molecular weight excluding hydrogens is 437 g/mol. The van der Waals surface area contributed by atoms with Crippen molar-refractivity contribution in [3.05, 3.63) is 88.2 Å². The van der Waals surface area contributed by atoms with Crippen LogP contribution in [-0.2, 0) is 17.6 Å². The average molecular weight is 459 g/mol. The Morgan fingerprint density at radius 3 is 2.71 bits per heavy atom. The number of nitrogens with one attached hydrogen (secondary N) is 2. The molecule has 0 saturated carbocycles. The Balaban J connectivity index is 1.39. The summed E-state index contributed by atoms with van der Waals surface area (Å²) in [7, 11) is 0. The van der Waals surface area contributed by atoms with E-state index in [0.717, 1.165) is 33.2 Å². The number of imidazole rings is 1. The van der Waals surface area contributed by atoms with Gasteiger partial charge in [-0.05, 0) is 42.7 Å². The molecule has 0 aliphatic heterocycles. The number of hydrogen-bond acceptors (Lipinski definition) is 5. The molecule has 5 aromatic rings. The summed E-state index contributed by atoms with van der Waals surface area (Å²) < 4.78 is 24.6. The fraction of sp³-hybridized carbons (Fsp3) is 0.192. The van der Waals surface area contributed by atoms with E-state index in [4.69, 9.17) is 8.83 Å². The van der Waals surface area contributed by atoms with Gasteiger partial charge >= 0.3 is 5.63 Å². The topological polar surface area (TPSA) is 101 Å². The number of benzene rings is 2. The van der Waals surface area contributed by atoms with Crippen molar-refractivity contribution in [2.45, 2.75) is 26.2 Å². The summed E-state index contributed by atoms with van der Waals surface area (Å²) in [6.07, 6.45) is 6.02. The molecule has 0 aliphatic carbocycles. The van der Waals surface area contributed by atoms with E-state index in [0.29, 0.717) is 29.7 Å². The predicted octanol–water partition coefficient (Wildman–Crippen LogP) is 4.67. The lowest BCUT2D eigenvalue weighted by Crippen LogP contribution is -2.26. The van der Waals surface area contributed by atoms with E-state index in [-0.39, 0.29) is 24.6 Å². The van der Waals surface area contributed by atoms with Gasteiger partial charge in [-0.15, -0.1) is 0 Å². The highest BCUT2D eigenvalue weighted by Gasteiger charge is 2.16. The third kappa shape index (κ3) is 4.22. The number of rotatable bonds is 7. The first kappa shape index (κ1) is 21.6. The lowest BCUT2D eigenvalue weighted by atomic mass is 9.99. The maximum absolute atomic E-state index is 13.4. The van der Waals surface area contributed by atoms with E-state index in [1.54, 1.807) is 37.0 Å². The van der Waals surface area contributed by atoms with E-state index in [2.05, 4.69) is 15.3 Å². The van der Waals surface area contributed by atoms with Gasteiger partial charge in [-0.25, -0.2) is 14.2 Å². The minimum absolute atomic E-state index is 0.137. The minimum atomic E-state index is -0.458. The first-order valence-electron chi connectivity index (χ1n) is 11.0. The van der Waals surface area contributed by atoms with E-state index < -0.39 is 5.63 Å². The second-order valence-corrected chi connectivity index (χ2v) is 8.17. The van der Waals surface area contributed by atoms with Gasteiger partial charge in [-0.3, -0.25) is 4.79 Å². The number of fused-ring (bicyclic) bond motifs is 2. The fourth-order valence-electron chi connectivity index (χ4n) is 4.14. The minimum Gasteiger partial charge on any atom is -0.464 e. The summed E-state index contributed by atoms with van der Waals surface area (Å²) >= 11 is 0. The highest BCUT2D eigenvalue weighted by Crippen LogP contribution is 2.34. The molecule has 7 nitrogen and oxygen atoms in total. The van der Waals surface area contributed by atoms with E-state index in [9.17, 15) is 14.0 Å². The summed E-state index contributed by atoms with van der Waals surface area (Å²) in [6, 6.07) is 9.79. The molecule has 0 atom stereocenters. The van der Waals surface area contributed by atoms with Gasteiger partial charge in [0, 0.05) is 59.2 Å². The van der Waals surface area contributed by atoms with Gasteiger partial charge in [0.25, 0.3) is 0 Å². The first-order valence-corrected chi connectivity index (χ1v) is 11.0. The molecule has 8 heteroatoms. The Bertz CT molecular complexity index is 1530. The Morgan fingerprint density at radius 2 is 1.94 bits per heavy atom. The molecule has 2 N–H and O–H groups in total. The lowest BCUT2D eigenvalue weighted by molar-refractivity contribution is -0.121. The summed E-state index contributed by atoms with van der Waals surface area (Å²) in [5, 5.41) is 4.46. The monoisotopic (exact) mass is 459 g/mol. The normalized spacial score (nSPS) is 11.4. The molecule has 34 heavy (non-hydrogen) atoms. The van der Waals surface area contributed by atoms with Crippen LogP contribution < -0.4 is 10.9 Å². The summed E-state index contributed by atoms with van der Waals surface area (Å²) in [4.78, 5) is 31.9. The Morgan fingerprint density at radius 1 is 1.12 bits per heavy atom. The van der Waals surface area contributed by atoms with Gasteiger partial charge in [-0.2, -0.15) is 0 Å². The molecule has 2 aromatic carbocycles. The number of aromatic amines is 1. The highest BCUT2D eigenvalue weighted by molar-refractivity contribution is 6.02. The van der Waals surface area contributed by atoms with Crippen LogP contribution in [0.4, 0.5) is 4.39 Å². The van der Waals surface area contributed by atoms with Crippen molar-refractivity contribution in [2.24, 2.45) is 0 Å². The molecule has 0 bridgehead atoms. The Labute approximate surface area is 193 Å². The SMILES string of the molecule is Cc1c(CCC(=O)NCCc2cnc[nH]2)c(=O)oc2cc3occ(-c4ccc(F)cc4)c3cc12.